The zero-order valence-corrected chi connectivity index (χ0v) is 11.4. The summed E-state index contributed by atoms with van der Waals surface area (Å²) in [4.78, 5) is 2.51. The van der Waals surface area contributed by atoms with Crippen LogP contribution in [0.3, 0.4) is 0 Å². The third-order valence-corrected chi connectivity index (χ3v) is 3.92. The normalized spacial score (nSPS) is 23.2. The lowest BCUT2D eigenvalue weighted by Crippen LogP contribution is -2.35. The molecule has 4 nitrogen and oxygen atoms in total. The van der Waals surface area contributed by atoms with E-state index in [1.54, 1.807) is 0 Å². The number of nitrogens with zero attached hydrogens (tertiary/aromatic N) is 2. The maximum Gasteiger partial charge on any atom is 0.144 e. The van der Waals surface area contributed by atoms with Gasteiger partial charge in [0.25, 0.3) is 0 Å². The number of amidine groups is 1. The molecule has 0 aromatic rings. The van der Waals surface area contributed by atoms with Crippen LogP contribution in [0.1, 0.15) is 46.5 Å². The van der Waals surface area contributed by atoms with Gasteiger partial charge in [0.1, 0.15) is 5.84 Å². The Bertz CT molecular complexity index is 263. The number of oxime groups is 1. The number of nitrogens with two attached hydrogens (primary N) is 1. The molecule has 0 aliphatic carbocycles. The van der Waals surface area contributed by atoms with Crippen molar-refractivity contribution in [3.63, 3.8) is 0 Å². The molecule has 0 bridgehead atoms. The van der Waals surface area contributed by atoms with Gasteiger partial charge in [-0.15, -0.1) is 0 Å². The smallest absolute Gasteiger partial charge is 0.144 e. The average Bonchev–Trinajstić information content (AvgIpc) is 2.74. The third-order valence-electron chi connectivity index (χ3n) is 3.92. The van der Waals surface area contributed by atoms with E-state index in [9.17, 15) is 0 Å². The van der Waals surface area contributed by atoms with Gasteiger partial charge in [0, 0.05) is 12.0 Å². The van der Waals surface area contributed by atoms with Gasteiger partial charge in [0.15, 0.2) is 0 Å². The third kappa shape index (κ3) is 4.19. The molecule has 1 fully saturated rings. The van der Waals surface area contributed by atoms with Gasteiger partial charge in [-0.3, -0.25) is 0 Å². The second-order valence-electron chi connectivity index (χ2n) is 5.86. The van der Waals surface area contributed by atoms with Gasteiger partial charge in [0.05, 0.1) is 0 Å². The molecule has 0 spiro atoms. The molecule has 1 unspecified atom stereocenters. The van der Waals surface area contributed by atoms with Crippen LogP contribution in [0.15, 0.2) is 5.16 Å². The molecule has 0 radical (unpaired) electrons. The lowest BCUT2D eigenvalue weighted by molar-refractivity contribution is 0.270. The summed E-state index contributed by atoms with van der Waals surface area (Å²) in [5.41, 5.74) is 5.48. The van der Waals surface area contributed by atoms with Gasteiger partial charge in [-0.2, -0.15) is 0 Å². The Labute approximate surface area is 105 Å². The second-order valence-corrected chi connectivity index (χ2v) is 5.86. The van der Waals surface area contributed by atoms with Crippen LogP contribution in [0.25, 0.3) is 0 Å². The van der Waals surface area contributed by atoms with Gasteiger partial charge in [-0.1, -0.05) is 32.3 Å². The zero-order chi connectivity index (χ0) is 12.9. The first kappa shape index (κ1) is 14.3. The van der Waals surface area contributed by atoms with E-state index in [-0.39, 0.29) is 5.41 Å². The highest BCUT2D eigenvalue weighted by Gasteiger charge is 2.27. The minimum atomic E-state index is -0.211. The van der Waals surface area contributed by atoms with Crippen molar-refractivity contribution < 1.29 is 5.21 Å². The molecule has 4 heteroatoms. The van der Waals surface area contributed by atoms with Crippen LogP contribution in [0.2, 0.25) is 0 Å². The maximum absolute atomic E-state index is 8.72. The lowest BCUT2D eigenvalue weighted by atomic mass is 9.88. The van der Waals surface area contributed by atoms with E-state index in [1.807, 2.05) is 13.8 Å². The molecule has 1 saturated heterocycles. The Hall–Kier alpha value is -0.770. The Morgan fingerprint density at radius 1 is 1.53 bits per heavy atom. The van der Waals surface area contributed by atoms with Crippen LogP contribution >= 0.6 is 0 Å². The van der Waals surface area contributed by atoms with Gasteiger partial charge >= 0.3 is 0 Å². The van der Waals surface area contributed by atoms with E-state index in [0.717, 1.165) is 18.9 Å². The van der Waals surface area contributed by atoms with Crippen LogP contribution < -0.4 is 5.73 Å². The summed E-state index contributed by atoms with van der Waals surface area (Å²) in [6.45, 7) is 9.79. The van der Waals surface area contributed by atoms with Crippen LogP contribution in [0.5, 0.6) is 0 Å². The first-order chi connectivity index (χ1) is 7.99. The van der Waals surface area contributed by atoms with Crippen molar-refractivity contribution in [2.75, 3.05) is 19.6 Å². The highest BCUT2D eigenvalue weighted by Crippen LogP contribution is 2.25. The van der Waals surface area contributed by atoms with Gasteiger partial charge in [0.2, 0.25) is 0 Å². The van der Waals surface area contributed by atoms with E-state index in [2.05, 4.69) is 17.0 Å². The minimum Gasteiger partial charge on any atom is -0.409 e. The molecule has 1 rings (SSSR count). The molecule has 100 valence electrons. The van der Waals surface area contributed by atoms with Crippen molar-refractivity contribution >= 4 is 5.84 Å². The topological polar surface area (TPSA) is 61.8 Å². The summed E-state index contributed by atoms with van der Waals surface area (Å²) in [6.07, 6.45) is 4.91. The monoisotopic (exact) mass is 241 g/mol. The summed E-state index contributed by atoms with van der Waals surface area (Å²) in [5, 5.41) is 11.8. The van der Waals surface area contributed by atoms with Crippen molar-refractivity contribution in [2.24, 2.45) is 22.2 Å². The predicted molar refractivity (Wildman–Crippen MR) is 71.3 cm³/mol. The fourth-order valence-electron chi connectivity index (χ4n) is 2.46. The first-order valence-electron chi connectivity index (χ1n) is 6.70. The van der Waals surface area contributed by atoms with Crippen LogP contribution in [0.4, 0.5) is 0 Å². The molecule has 1 aliphatic heterocycles. The highest BCUT2D eigenvalue weighted by atomic mass is 16.4. The van der Waals surface area contributed by atoms with Crippen molar-refractivity contribution in [1.82, 2.24) is 4.90 Å². The first-order valence-corrected chi connectivity index (χ1v) is 6.70. The molecule has 0 saturated carbocycles. The maximum atomic E-state index is 8.72. The fourth-order valence-corrected chi connectivity index (χ4v) is 2.46. The summed E-state index contributed by atoms with van der Waals surface area (Å²) in [6, 6.07) is 0. The Morgan fingerprint density at radius 3 is 2.82 bits per heavy atom. The molecule has 17 heavy (non-hydrogen) atoms. The van der Waals surface area contributed by atoms with Crippen molar-refractivity contribution in [3.8, 4) is 0 Å². The molecule has 1 aliphatic rings. The summed E-state index contributed by atoms with van der Waals surface area (Å²) in [5.74, 6) is 1.22. The van der Waals surface area contributed by atoms with E-state index in [0.29, 0.717) is 5.84 Å². The number of rotatable bonds is 6. The molecule has 0 aromatic carbocycles. The molecular weight excluding hydrogens is 214 g/mol. The molecule has 0 aromatic heterocycles. The Morgan fingerprint density at radius 2 is 2.24 bits per heavy atom. The second kappa shape index (κ2) is 6.24. The quantitative estimate of drug-likeness (QED) is 0.324. The van der Waals surface area contributed by atoms with E-state index < -0.39 is 0 Å². The van der Waals surface area contributed by atoms with E-state index in [1.165, 1.54) is 32.4 Å². The van der Waals surface area contributed by atoms with Crippen LogP contribution in [-0.2, 0) is 0 Å². The Balaban J connectivity index is 2.32. The van der Waals surface area contributed by atoms with Crippen LogP contribution in [-0.4, -0.2) is 35.6 Å². The van der Waals surface area contributed by atoms with E-state index in [4.69, 9.17) is 10.9 Å². The van der Waals surface area contributed by atoms with Crippen molar-refractivity contribution in [1.29, 1.82) is 0 Å². The van der Waals surface area contributed by atoms with Crippen molar-refractivity contribution in [2.45, 2.75) is 46.5 Å². The number of hydrogen-bond acceptors (Lipinski definition) is 3. The number of hydrogen-bond donors (Lipinski definition) is 2. The SMILES string of the molecule is CCCC1CCN(CCC(C)(C)C(N)=NO)C1. The standard InChI is InChI=1S/C13H27N3O/c1-4-5-11-6-8-16(10-11)9-7-13(2,3)12(14)15-17/h11,17H,4-10H2,1-3H3,(H2,14,15). The largest absolute Gasteiger partial charge is 0.409 e. The summed E-state index contributed by atoms with van der Waals surface area (Å²) >= 11 is 0. The fraction of sp³-hybridized carbons (Fsp3) is 0.923. The van der Waals surface area contributed by atoms with Gasteiger partial charge in [-0.05, 0) is 38.3 Å². The zero-order valence-electron chi connectivity index (χ0n) is 11.4. The molecule has 1 heterocycles. The van der Waals surface area contributed by atoms with E-state index >= 15 is 0 Å². The Kier molecular flexibility index (Phi) is 5.25. The lowest BCUT2D eigenvalue weighted by Gasteiger charge is -2.26. The van der Waals surface area contributed by atoms with Gasteiger partial charge in [-0.25, -0.2) is 0 Å². The molecule has 1 atom stereocenters. The average molecular weight is 241 g/mol. The number of likely N-dealkylation sites (tertiary alicyclic amines) is 1. The summed E-state index contributed by atoms with van der Waals surface area (Å²) < 4.78 is 0. The molecule has 0 amide bonds. The van der Waals surface area contributed by atoms with Crippen LogP contribution in [0, 0.1) is 11.3 Å². The highest BCUT2D eigenvalue weighted by molar-refractivity contribution is 5.85. The predicted octanol–water partition coefficient (Wildman–Crippen LogP) is 2.27. The molecular formula is C13H27N3O. The minimum absolute atomic E-state index is 0.211. The van der Waals surface area contributed by atoms with Crippen molar-refractivity contribution in [3.05, 3.63) is 0 Å². The summed E-state index contributed by atoms with van der Waals surface area (Å²) in [7, 11) is 0. The van der Waals surface area contributed by atoms with Gasteiger partial charge < -0.3 is 15.8 Å². The molecule has 3 N–H and O–H groups in total.